The Morgan fingerprint density at radius 3 is 2.88 bits per heavy atom. The Morgan fingerprint density at radius 2 is 2.12 bits per heavy atom. The lowest BCUT2D eigenvalue weighted by Gasteiger charge is -2.13. The van der Waals surface area contributed by atoms with Crippen molar-refractivity contribution in [2.24, 2.45) is 0 Å². The van der Waals surface area contributed by atoms with Gasteiger partial charge in [-0.05, 0) is 24.8 Å². The SMILES string of the molecule is CC(=O)O[C@@H]1CCCc2ccccc2C1=O. The monoisotopic (exact) mass is 218 g/mol. The van der Waals surface area contributed by atoms with E-state index in [1.165, 1.54) is 6.92 Å². The zero-order chi connectivity index (χ0) is 11.5. The number of ketones is 1. The number of aryl methyl sites for hydroxylation is 1. The van der Waals surface area contributed by atoms with Crippen molar-refractivity contribution in [3.8, 4) is 0 Å². The van der Waals surface area contributed by atoms with Gasteiger partial charge in [-0.2, -0.15) is 0 Å². The lowest BCUT2D eigenvalue weighted by molar-refractivity contribution is -0.144. The van der Waals surface area contributed by atoms with Crippen LogP contribution in [-0.2, 0) is 16.0 Å². The molecule has 0 amide bonds. The summed E-state index contributed by atoms with van der Waals surface area (Å²) in [5.74, 6) is -0.457. The van der Waals surface area contributed by atoms with Crippen LogP contribution in [0.2, 0.25) is 0 Å². The first kappa shape index (κ1) is 10.9. The Hall–Kier alpha value is -1.64. The van der Waals surface area contributed by atoms with Crippen molar-refractivity contribution in [2.75, 3.05) is 0 Å². The molecule has 84 valence electrons. The van der Waals surface area contributed by atoms with Gasteiger partial charge < -0.3 is 4.74 Å². The molecule has 0 heterocycles. The number of fused-ring (bicyclic) bond motifs is 1. The first-order chi connectivity index (χ1) is 7.68. The van der Waals surface area contributed by atoms with Gasteiger partial charge in [-0.1, -0.05) is 24.3 Å². The molecule has 16 heavy (non-hydrogen) atoms. The molecule has 0 spiro atoms. The van der Waals surface area contributed by atoms with Crippen molar-refractivity contribution < 1.29 is 14.3 Å². The van der Waals surface area contributed by atoms with Crippen LogP contribution in [0.4, 0.5) is 0 Å². The van der Waals surface area contributed by atoms with Crippen LogP contribution in [-0.4, -0.2) is 17.9 Å². The van der Waals surface area contributed by atoms with E-state index in [1.807, 2.05) is 18.2 Å². The second-order valence-corrected chi connectivity index (χ2v) is 4.01. The van der Waals surface area contributed by atoms with Crippen molar-refractivity contribution >= 4 is 11.8 Å². The molecule has 0 N–H and O–H groups in total. The molecule has 0 aromatic heterocycles. The number of rotatable bonds is 1. The largest absolute Gasteiger partial charge is 0.454 e. The highest BCUT2D eigenvalue weighted by Gasteiger charge is 2.27. The van der Waals surface area contributed by atoms with Gasteiger partial charge in [0.2, 0.25) is 5.78 Å². The fourth-order valence-electron chi connectivity index (χ4n) is 2.07. The normalized spacial score (nSPS) is 19.8. The van der Waals surface area contributed by atoms with E-state index in [-0.39, 0.29) is 5.78 Å². The van der Waals surface area contributed by atoms with Gasteiger partial charge >= 0.3 is 5.97 Å². The highest BCUT2D eigenvalue weighted by Crippen LogP contribution is 2.22. The molecule has 1 aliphatic carbocycles. The molecular formula is C13H14O3. The van der Waals surface area contributed by atoms with E-state index in [0.29, 0.717) is 12.0 Å². The van der Waals surface area contributed by atoms with Gasteiger partial charge in [0.1, 0.15) is 0 Å². The molecule has 3 heteroatoms. The third kappa shape index (κ3) is 2.13. The molecular weight excluding hydrogens is 204 g/mol. The summed E-state index contributed by atoms with van der Waals surface area (Å²) in [4.78, 5) is 23.0. The van der Waals surface area contributed by atoms with E-state index < -0.39 is 12.1 Å². The molecule has 1 atom stereocenters. The zero-order valence-electron chi connectivity index (χ0n) is 9.23. The van der Waals surface area contributed by atoms with Crippen LogP contribution in [0.3, 0.4) is 0 Å². The van der Waals surface area contributed by atoms with Gasteiger partial charge in [-0.25, -0.2) is 0 Å². The molecule has 2 rings (SSSR count). The molecule has 0 fully saturated rings. The number of hydrogen-bond donors (Lipinski definition) is 0. The summed E-state index contributed by atoms with van der Waals surface area (Å²) in [6.45, 7) is 1.34. The minimum Gasteiger partial charge on any atom is -0.454 e. The number of hydrogen-bond acceptors (Lipinski definition) is 3. The Balaban J connectivity index is 2.30. The van der Waals surface area contributed by atoms with Gasteiger partial charge in [0.25, 0.3) is 0 Å². The maximum Gasteiger partial charge on any atom is 0.303 e. The van der Waals surface area contributed by atoms with Crippen molar-refractivity contribution in [3.05, 3.63) is 35.4 Å². The summed E-state index contributed by atoms with van der Waals surface area (Å²) in [6, 6.07) is 7.54. The molecule has 0 aliphatic heterocycles. The molecule has 0 saturated carbocycles. The molecule has 0 radical (unpaired) electrons. The second kappa shape index (κ2) is 4.47. The van der Waals surface area contributed by atoms with Crippen LogP contribution >= 0.6 is 0 Å². The molecule has 3 nitrogen and oxygen atoms in total. The third-order valence-electron chi connectivity index (χ3n) is 2.80. The maximum absolute atomic E-state index is 12.1. The van der Waals surface area contributed by atoms with Gasteiger partial charge in [0, 0.05) is 12.5 Å². The lowest BCUT2D eigenvalue weighted by Crippen LogP contribution is -2.25. The van der Waals surface area contributed by atoms with Crippen molar-refractivity contribution in [1.82, 2.24) is 0 Å². The Morgan fingerprint density at radius 1 is 1.38 bits per heavy atom. The van der Waals surface area contributed by atoms with Crippen LogP contribution in [0.1, 0.15) is 35.7 Å². The number of benzene rings is 1. The molecule has 1 aromatic rings. The first-order valence-electron chi connectivity index (χ1n) is 5.48. The number of carbonyl (C=O) groups is 2. The predicted octanol–water partition coefficient (Wildman–Crippen LogP) is 2.14. The molecule has 1 aliphatic rings. The van der Waals surface area contributed by atoms with E-state index in [1.54, 1.807) is 6.07 Å². The smallest absolute Gasteiger partial charge is 0.303 e. The summed E-state index contributed by atoms with van der Waals surface area (Å²) < 4.78 is 5.05. The quantitative estimate of drug-likeness (QED) is 0.535. The Labute approximate surface area is 94.4 Å². The van der Waals surface area contributed by atoms with E-state index >= 15 is 0 Å². The van der Waals surface area contributed by atoms with Crippen LogP contribution in [0.15, 0.2) is 24.3 Å². The maximum atomic E-state index is 12.1. The number of esters is 1. The number of ether oxygens (including phenoxy) is 1. The van der Waals surface area contributed by atoms with E-state index in [9.17, 15) is 9.59 Å². The molecule has 0 unspecified atom stereocenters. The first-order valence-corrected chi connectivity index (χ1v) is 5.48. The fourth-order valence-corrected chi connectivity index (χ4v) is 2.07. The molecule has 0 saturated heterocycles. The lowest BCUT2D eigenvalue weighted by atomic mass is 10.0. The van der Waals surface area contributed by atoms with Crippen LogP contribution < -0.4 is 0 Å². The fraction of sp³-hybridized carbons (Fsp3) is 0.385. The molecule has 1 aromatic carbocycles. The highest BCUT2D eigenvalue weighted by atomic mass is 16.5. The Kier molecular flexibility index (Phi) is 3.04. The standard InChI is InChI=1S/C13H14O3/c1-9(14)16-12-8-4-6-10-5-2-3-7-11(10)13(12)15/h2-3,5,7,12H,4,6,8H2,1H3/t12-/m1/s1. The number of Topliss-reactive ketones (excluding diaryl/α,β-unsaturated/α-hetero) is 1. The zero-order valence-corrected chi connectivity index (χ0v) is 9.23. The van der Waals surface area contributed by atoms with E-state index in [2.05, 4.69) is 0 Å². The van der Waals surface area contributed by atoms with E-state index in [4.69, 9.17) is 4.74 Å². The highest BCUT2D eigenvalue weighted by molar-refractivity contribution is 6.01. The summed E-state index contributed by atoms with van der Waals surface area (Å²) in [5.41, 5.74) is 1.76. The van der Waals surface area contributed by atoms with Gasteiger partial charge in [-0.3, -0.25) is 9.59 Å². The third-order valence-corrected chi connectivity index (χ3v) is 2.80. The Bertz CT molecular complexity index is 423. The topological polar surface area (TPSA) is 43.4 Å². The minimum absolute atomic E-state index is 0.0664. The predicted molar refractivity (Wildman–Crippen MR) is 59.3 cm³/mol. The van der Waals surface area contributed by atoms with Gasteiger partial charge in [-0.15, -0.1) is 0 Å². The van der Waals surface area contributed by atoms with E-state index in [0.717, 1.165) is 18.4 Å². The van der Waals surface area contributed by atoms with Crippen LogP contribution in [0, 0.1) is 0 Å². The minimum atomic E-state index is -0.596. The summed E-state index contributed by atoms with van der Waals surface area (Å²) in [6.07, 6.45) is 1.77. The number of carbonyl (C=O) groups excluding carboxylic acids is 2. The average molecular weight is 218 g/mol. The van der Waals surface area contributed by atoms with Crippen molar-refractivity contribution in [2.45, 2.75) is 32.3 Å². The summed E-state index contributed by atoms with van der Waals surface area (Å²) in [7, 11) is 0. The second-order valence-electron chi connectivity index (χ2n) is 4.01. The van der Waals surface area contributed by atoms with Crippen LogP contribution in [0.25, 0.3) is 0 Å². The van der Waals surface area contributed by atoms with Gasteiger partial charge in [0.15, 0.2) is 6.10 Å². The average Bonchev–Trinajstić information content (AvgIpc) is 2.40. The van der Waals surface area contributed by atoms with Crippen molar-refractivity contribution in [3.63, 3.8) is 0 Å². The summed E-state index contributed by atoms with van der Waals surface area (Å²) in [5, 5.41) is 0. The summed E-state index contributed by atoms with van der Waals surface area (Å²) >= 11 is 0. The van der Waals surface area contributed by atoms with Crippen molar-refractivity contribution in [1.29, 1.82) is 0 Å². The van der Waals surface area contributed by atoms with Gasteiger partial charge in [0.05, 0.1) is 0 Å². The molecule has 0 bridgehead atoms. The van der Waals surface area contributed by atoms with Crippen LogP contribution in [0.5, 0.6) is 0 Å².